The zero-order chi connectivity index (χ0) is 16.4. The summed E-state index contributed by atoms with van der Waals surface area (Å²) in [6, 6.07) is 8.26. The van der Waals surface area contributed by atoms with Gasteiger partial charge in [-0.05, 0) is 18.2 Å². The van der Waals surface area contributed by atoms with E-state index in [1.807, 2.05) is 0 Å². The van der Waals surface area contributed by atoms with Crippen molar-refractivity contribution in [3.63, 3.8) is 0 Å². The summed E-state index contributed by atoms with van der Waals surface area (Å²) in [7, 11) is 0. The standard InChI is InChI=1S/C14H10N4O5/c19-12-6-8(18(21)22)3-4-9(12)15-14(20)11-7-10(16-17-11)13-2-1-5-23-13/h1-7,19H,(H,15,20)(H,16,17). The Kier molecular flexibility index (Phi) is 3.51. The minimum absolute atomic E-state index is 0.0446. The highest BCUT2D eigenvalue weighted by Crippen LogP contribution is 2.28. The third-order valence-corrected chi connectivity index (χ3v) is 3.04. The summed E-state index contributed by atoms with van der Waals surface area (Å²) >= 11 is 0. The van der Waals surface area contributed by atoms with Crippen molar-refractivity contribution in [1.29, 1.82) is 0 Å². The zero-order valence-electron chi connectivity index (χ0n) is 11.5. The molecular formula is C14H10N4O5. The molecule has 1 amide bonds. The first-order valence-corrected chi connectivity index (χ1v) is 6.42. The molecule has 0 radical (unpaired) electrons. The smallest absolute Gasteiger partial charge is 0.276 e. The molecule has 3 N–H and O–H groups in total. The number of phenolic OH excluding ortho intramolecular Hbond substituents is 1. The van der Waals surface area contributed by atoms with E-state index in [9.17, 15) is 20.0 Å². The molecule has 3 aromatic rings. The van der Waals surface area contributed by atoms with Gasteiger partial charge >= 0.3 is 0 Å². The van der Waals surface area contributed by atoms with E-state index in [1.165, 1.54) is 24.5 Å². The van der Waals surface area contributed by atoms with Crippen LogP contribution in [-0.4, -0.2) is 26.1 Å². The van der Waals surface area contributed by atoms with E-state index in [4.69, 9.17) is 4.42 Å². The molecule has 2 heterocycles. The van der Waals surface area contributed by atoms with Crippen LogP contribution < -0.4 is 5.32 Å². The number of H-pyrrole nitrogens is 1. The number of amides is 1. The number of aromatic hydroxyl groups is 1. The molecule has 0 aliphatic heterocycles. The van der Waals surface area contributed by atoms with E-state index in [-0.39, 0.29) is 17.1 Å². The molecule has 0 aliphatic rings. The normalized spacial score (nSPS) is 10.4. The third kappa shape index (κ3) is 2.88. The van der Waals surface area contributed by atoms with Crippen LogP contribution in [0.15, 0.2) is 47.1 Å². The van der Waals surface area contributed by atoms with Gasteiger partial charge in [0.1, 0.15) is 11.4 Å². The van der Waals surface area contributed by atoms with Crippen molar-refractivity contribution in [2.24, 2.45) is 0 Å². The lowest BCUT2D eigenvalue weighted by Crippen LogP contribution is -2.12. The predicted octanol–water partition coefficient (Wildman–Crippen LogP) is 2.54. The fourth-order valence-electron chi connectivity index (χ4n) is 1.92. The second-order valence-electron chi connectivity index (χ2n) is 4.56. The largest absolute Gasteiger partial charge is 0.506 e. The number of aromatic nitrogens is 2. The summed E-state index contributed by atoms with van der Waals surface area (Å²) in [5.74, 6) is -0.465. The Hall–Kier alpha value is -3.62. The molecular weight excluding hydrogens is 304 g/mol. The maximum Gasteiger partial charge on any atom is 0.276 e. The van der Waals surface area contributed by atoms with Crippen molar-refractivity contribution < 1.29 is 19.2 Å². The minimum Gasteiger partial charge on any atom is -0.506 e. The van der Waals surface area contributed by atoms with Crippen molar-refractivity contribution >= 4 is 17.3 Å². The highest BCUT2D eigenvalue weighted by atomic mass is 16.6. The van der Waals surface area contributed by atoms with Crippen molar-refractivity contribution in [3.8, 4) is 17.2 Å². The van der Waals surface area contributed by atoms with Gasteiger partial charge < -0.3 is 14.8 Å². The number of nitrogens with zero attached hydrogens (tertiary/aromatic N) is 2. The van der Waals surface area contributed by atoms with Crippen molar-refractivity contribution in [2.75, 3.05) is 5.32 Å². The average molecular weight is 314 g/mol. The molecule has 0 saturated carbocycles. The Balaban J connectivity index is 1.78. The molecule has 3 rings (SSSR count). The van der Waals surface area contributed by atoms with E-state index in [1.54, 1.807) is 12.1 Å². The summed E-state index contributed by atoms with van der Waals surface area (Å²) < 4.78 is 5.18. The zero-order valence-corrected chi connectivity index (χ0v) is 11.5. The second kappa shape index (κ2) is 5.64. The Bertz CT molecular complexity index is 869. The molecule has 0 aliphatic carbocycles. The Morgan fingerprint density at radius 2 is 2.17 bits per heavy atom. The van der Waals surface area contributed by atoms with Crippen LogP contribution in [0.1, 0.15) is 10.5 Å². The number of nitro benzene ring substituents is 1. The Labute approximate surface area is 128 Å². The molecule has 0 spiro atoms. The summed E-state index contributed by atoms with van der Waals surface area (Å²) in [5, 5.41) is 29.3. The van der Waals surface area contributed by atoms with Crippen LogP contribution in [0.4, 0.5) is 11.4 Å². The Morgan fingerprint density at radius 1 is 1.35 bits per heavy atom. The summed E-state index contributed by atoms with van der Waals surface area (Å²) in [4.78, 5) is 22.1. The SMILES string of the molecule is O=C(Nc1ccc([N+](=O)[O-])cc1O)c1cc(-c2ccco2)[nH]n1. The number of hydrogen-bond donors (Lipinski definition) is 3. The molecule has 9 nitrogen and oxygen atoms in total. The lowest BCUT2D eigenvalue weighted by atomic mass is 10.2. The number of carbonyl (C=O) groups is 1. The molecule has 1 aromatic carbocycles. The third-order valence-electron chi connectivity index (χ3n) is 3.04. The van der Waals surface area contributed by atoms with Crippen molar-refractivity contribution in [3.05, 3.63) is 58.5 Å². The molecule has 0 atom stereocenters. The van der Waals surface area contributed by atoms with Gasteiger partial charge in [0, 0.05) is 12.1 Å². The van der Waals surface area contributed by atoms with Crippen LogP contribution in [0.25, 0.3) is 11.5 Å². The number of nitro groups is 1. The number of hydrogen-bond acceptors (Lipinski definition) is 6. The van der Waals surface area contributed by atoms with Gasteiger partial charge in [-0.1, -0.05) is 0 Å². The number of nitrogens with one attached hydrogen (secondary N) is 2. The summed E-state index contributed by atoms with van der Waals surface area (Å²) in [6.45, 7) is 0. The first kappa shape index (κ1) is 14.3. The molecule has 0 fully saturated rings. The number of benzene rings is 1. The minimum atomic E-state index is -0.644. The molecule has 0 bridgehead atoms. The fourth-order valence-corrected chi connectivity index (χ4v) is 1.92. The van der Waals surface area contributed by atoms with Crippen molar-refractivity contribution in [1.82, 2.24) is 10.2 Å². The average Bonchev–Trinajstić information content (AvgIpc) is 3.19. The van der Waals surface area contributed by atoms with E-state index in [2.05, 4.69) is 15.5 Å². The van der Waals surface area contributed by atoms with Gasteiger partial charge in [0.15, 0.2) is 11.5 Å². The first-order valence-electron chi connectivity index (χ1n) is 6.42. The first-order chi connectivity index (χ1) is 11.0. The number of furan rings is 1. The maximum absolute atomic E-state index is 12.1. The van der Waals surface area contributed by atoms with Crippen molar-refractivity contribution in [2.45, 2.75) is 0 Å². The number of anilines is 1. The monoisotopic (exact) mass is 314 g/mol. The highest BCUT2D eigenvalue weighted by Gasteiger charge is 2.16. The van der Waals surface area contributed by atoms with Gasteiger partial charge in [-0.3, -0.25) is 20.0 Å². The number of phenols is 1. The van der Waals surface area contributed by atoms with E-state index < -0.39 is 16.6 Å². The predicted molar refractivity (Wildman–Crippen MR) is 79.0 cm³/mol. The van der Waals surface area contributed by atoms with Crippen LogP contribution in [0.3, 0.4) is 0 Å². The topological polar surface area (TPSA) is 134 Å². The Morgan fingerprint density at radius 3 is 2.83 bits per heavy atom. The van der Waals surface area contributed by atoms with Crippen LogP contribution in [0, 0.1) is 10.1 Å². The number of non-ortho nitro benzene ring substituents is 1. The molecule has 9 heteroatoms. The number of carbonyl (C=O) groups excluding carboxylic acids is 1. The van der Waals surface area contributed by atoms with Crippen LogP contribution >= 0.6 is 0 Å². The maximum atomic E-state index is 12.1. The lowest BCUT2D eigenvalue weighted by molar-refractivity contribution is -0.384. The van der Waals surface area contributed by atoms with E-state index >= 15 is 0 Å². The quantitative estimate of drug-likeness (QED) is 0.385. The number of rotatable bonds is 4. The van der Waals surface area contributed by atoms with E-state index in [0.29, 0.717) is 11.5 Å². The highest BCUT2D eigenvalue weighted by molar-refractivity contribution is 6.04. The second-order valence-corrected chi connectivity index (χ2v) is 4.56. The lowest BCUT2D eigenvalue weighted by Gasteiger charge is -2.05. The van der Waals surface area contributed by atoms with E-state index in [0.717, 1.165) is 6.07 Å². The van der Waals surface area contributed by atoms with Crippen LogP contribution in [0.2, 0.25) is 0 Å². The number of aromatic amines is 1. The van der Waals surface area contributed by atoms with Gasteiger partial charge in [-0.2, -0.15) is 5.10 Å². The van der Waals surface area contributed by atoms with Gasteiger partial charge in [-0.25, -0.2) is 0 Å². The molecule has 0 saturated heterocycles. The summed E-state index contributed by atoms with van der Waals surface area (Å²) in [5.41, 5.74) is 0.366. The van der Waals surface area contributed by atoms with Gasteiger partial charge in [0.05, 0.1) is 22.9 Å². The van der Waals surface area contributed by atoms with Crippen LogP contribution in [-0.2, 0) is 0 Å². The fraction of sp³-hybridized carbons (Fsp3) is 0. The molecule has 2 aromatic heterocycles. The summed E-state index contributed by atoms with van der Waals surface area (Å²) in [6.07, 6.45) is 1.49. The van der Waals surface area contributed by atoms with Gasteiger partial charge in [-0.15, -0.1) is 0 Å². The molecule has 0 unspecified atom stereocenters. The van der Waals surface area contributed by atoms with Gasteiger partial charge in [0.25, 0.3) is 11.6 Å². The van der Waals surface area contributed by atoms with Gasteiger partial charge in [0.2, 0.25) is 0 Å². The molecule has 23 heavy (non-hydrogen) atoms. The van der Waals surface area contributed by atoms with Crippen LogP contribution in [0.5, 0.6) is 5.75 Å². The molecule has 116 valence electrons.